The minimum absolute atomic E-state index is 0.205. The van der Waals surface area contributed by atoms with Gasteiger partial charge in [0.2, 0.25) is 5.91 Å². The molecule has 1 N–H and O–H groups in total. The summed E-state index contributed by atoms with van der Waals surface area (Å²) in [6.07, 6.45) is 1.43. The Balaban J connectivity index is 1.74. The number of hydrogen-bond donors (Lipinski definition) is 1. The number of carbonyl (C=O) groups excluding carboxylic acids is 1. The van der Waals surface area contributed by atoms with E-state index in [1.165, 1.54) is 12.3 Å². The van der Waals surface area contributed by atoms with Gasteiger partial charge in [-0.2, -0.15) is 0 Å². The van der Waals surface area contributed by atoms with Crippen LogP contribution in [0.3, 0.4) is 0 Å². The van der Waals surface area contributed by atoms with Crippen LogP contribution in [0.5, 0.6) is 5.75 Å². The maximum atomic E-state index is 12.0. The van der Waals surface area contributed by atoms with E-state index in [1.54, 1.807) is 0 Å². The van der Waals surface area contributed by atoms with E-state index in [4.69, 9.17) is 27.9 Å². The van der Waals surface area contributed by atoms with Crippen LogP contribution in [0, 0.1) is 0 Å². The number of nitrogens with one attached hydrogen (secondary N) is 1. The van der Waals surface area contributed by atoms with Gasteiger partial charge in [0.05, 0.1) is 16.6 Å². The number of amides is 1. The molecule has 0 fully saturated rings. The van der Waals surface area contributed by atoms with Crippen LogP contribution in [0.25, 0.3) is 0 Å². The van der Waals surface area contributed by atoms with Crippen molar-refractivity contribution in [1.82, 2.24) is 9.88 Å². The maximum absolute atomic E-state index is 12.0. The maximum Gasteiger partial charge on any atom is 0.239 e. The van der Waals surface area contributed by atoms with Crippen molar-refractivity contribution in [3.05, 3.63) is 52.6 Å². The van der Waals surface area contributed by atoms with E-state index < -0.39 is 0 Å². The average molecular weight is 354 g/mol. The fraction of sp³-hybridized carbons (Fsp3) is 0.250. The first-order chi connectivity index (χ1) is 11.0. The summed E-state index contributed by atoms with van der Waals surface area (Å²) < 4.78 is 5.59. The van der Waals surface area contributed by atoms with Crippen LogP contribution in [0.1, 0.15) is 0 Å². The van der Waals surface area contributed by atoms with Gasteiger partial charge in [-0.1, -0.05) is 41.4 Å². The Morgan fingerprint density at radius 3 is 2.74 bits per heavy atom. The highest BCUT2D eigenvalue weighted by Gasteiger charge is 2.10. The average Bonchev–Trinajstić information content (AvgIpc) is 2.51. The van der Waals surface area contributed by atoms with E-state index in [2.05, 4.69) is 10.3 Å². The fourth-order valence-electron chi connectivity index (χ4n) is 1.84. The number of para-hydroxylation sites is 1. The van der Waals surface area contributed by atoms with Gasteiger partial charge in [0.25, 0.3) is 0 Å². The van der Waals surface area contributed by atoms with E-state index in [1.807, 2.05) is 42.3 Å². The molecule has 0 aliphatic heterocycles. The Hall–Kier alpha value is -1.82. The number of ether oxygens (including phenoxy) is 1. The first-order valence-electron chi connectivity index (χ1n) is 7.02. The molecule has 0 bridgehead atoms. The third kappa shape index (κ3) is 6.06. The number of halogens is 2. The number of hydrogen-bond acceptors (Lipinski definition) is 4. The molecule has 5 nitrogen and oxygen atoms in total. The smallest absolute Gasteiger partial charge is 0.239 e. The molecule has 2 rings (SSSR count). The van der Waals surface area contributed by atoms with Crippen molar-refractivity contribution >= 4 is 34.9 Å². The number of pyridine rings is 1. The lowest BCUT2D eigenvalue weighted by Crippen LogP contribution is -2.33. The van der Waals surface area contributed by atoms with Crippen LogP contribution in [-0.2, 0) is 4.79 Å². The van der Waals surface area contributed by atoms with Crippen molar-refractivity contribution < 1.29 is 9.53 Å². The van der Waals surface area contributed by atoms with Crippen LogP contribution < -0.4 is 10.1 Å². The summed E-state index contributed by atoms with van der Waals surface area (Å²) in [5, 5.41) is 3.38. The highest BCUT2D eigenvalue weighted by Crippen LogP contribution is 2.22. The van der Waals surface area contributed by atoms with Crippen molar-refractivity contribution in [2.45, 2.75) is 0 Å². The van der Waals surface area contributed by atoms with Crippen LogP contribution in [0.15, 0.2) is 42.6 Å². The molecule has 0 saturated carbocycles. The number of nitrogens with zero attached hydrogens (tertiary/aromatic N) is 2. The summed E-state index contributed by atoms with van der Waals surface area (Å²) in [7, 11) is 1.84. The Labute approximate surface area is 145 Å². The van der Waals surface area contributed by atoms with Crippen molar-refractivity contribution in [1.29, 1.82) is 0 Å². The summed E-state index contributed by atoms with van der Waals surface area (Å²) in [5.41, 5.74) is 0. The zero-order chi connectivity index (χ0) is 16.7. The van der Waals surface area contributed by atoms with Gasteiger partial charge in [0.15, 0.2) is 5.82 Å². The molecular formula is C16H17Cl2N3O2. The molecule has 0 unspecified atom stereocenters. The van der Waals surface area contributed by atoms with Gasteiger partial charge in [-0.15, -0.1) is 0 Å². The Kier molecular flexibility index (Phi) is 6.65. The Bertz CT molecular complexity index is 653. The molecule has 0 saturated heterocycles. The monoisotopic (exact) mass is 353 g/mol. The summed E-state index contributed by atoms with van der Waals surface area (Å²) in [4.78, 5) is 17.8. The normalized spacial score (nSPS) is 10.6. The van der Waals surface area contributed by atoms with Crippen LogP contribution >= 0.6 is 23.2 Å². The SMILES string of the molecule is CN(CCOc1ccccc1)CC(=O)Nc1ncc(Cl)cc1Cl. The molecule has 1 aromatic carbocycles. The Morgan fingerprint density at radius 2 is 2.04 bits per heavy atom. The molecule has 0 atom stereocenters. The molecule has 0 aliphatic rings. The van der Waals surface area contributed by atoms with Gasteiger partial charge in [-0.3, -0.25) is 9.69 Å². The second kappa shape index (κ2) is 8.72. The quantitative estimate of drug-likeness (QED) is 0.829. The number of rotatable bonds is 7. The highest BCUT2D eigenvalue weighted by molar-refractivity contribution is 6.36. The second-order valence-corrected chi connectivity index (χ2v) is 5.78. The molecule has 0 aliphatic carbocycles. The van der Waals surface area contributed by atoms with E-state index >= 15 is 0 Å². The lowest BCUT2D eigenvalue weighted by molar-refractivity contribution is -0.117. The van der Waals surface area contributed by atoms with Crippen LogP contribution in [-0.4, -0.2) is 42.5 Å². The van der Waals surface area contributed by atoms with Crippen molar-refractivity contribution in [2.24, 2.45) is 0 Å². The molecule has 0 radical (unpaired) electrons. The van der Waals surface area contributed by atoms with Crippen molar-refractivity contribution in [3.8, 4) is 5.75 Å². The minimum Gasteiger partial charge on any atom is -0.492 e. The number of likely N-dealkylation sites (N-methyl/N-ethyl adjacent to an activating group) is 1. The standard InChI is InChI=1S/C16H17Cl2N3O2/c1-21(7-8-23-13-5-3-2-4-6-13)11-15(22)20-16-14(18)9-12(17)10-19-16/h2-6,9-10H,7-8,11H2,1H3,(H,19,20,22). The molecule has 23 heavy (non-hydrogen) atoms. The number of aromatic nitrogens is 1. The van der Waals surface area contributed by atoms with Gasteiger partial charge in [0.1, 0.15) is 12.4 Å². The lowest BCUT2D eigenvalue weighted by atomic mass is 10.3. The number of anilines is 1. The zero-order valence-electron chi connectivity index (χ0n) is 12.6. The third-order valence-electron chi connectivity index (χ3n) is 2.96. The highest BCUT2D eigenvalue weighted by atomic mass is 35.5. The van der Waals surface area contributed by atoms with E-state index in [9.17, 15) is 4.79 Å². The van der Waals surface area contributed by atoms with Gasteiger partial charge in [-0.05, 0) is 25.2 Å². The molecular weight excluding hydrogens is 337 g/mol. The van der Waals surface area contributed by atoms with Crippen molar-refractivity contribution in [3.63, 3.8) is 0 Å². The van der Waals surface area contributed by atoms with Gasteiger partial charge >= 0.3 is 0 Å². The molecule has 7 heteroatoms. The third-order valence-corrected chi connectivity index (χ3v) is 3.46. The summed E-state index contributed by atoms with van der Waals surface area (Å²) in [5.74, 6) is 0.904. The Morgan fingerprint density at radius 1 is 1.30 bits per heavy atom. The summed E-state index contributed by atoms with van der Waals surface area (Å²) >= 11 is 11.7. The molecule has 1 heterocycles. The summed E-state index contributed by atoms with van der Waals surface area (Å²) in [6, 6.07) is 11.1. The topological polar surface area (TPSA) is 54.5 Å². The molecule has 2 aromatic rings. The van der Waals surface area contributed by atoms with E-state index in [0.29, 0.717) is 29.0 Å². The molecule has 1 amide bonds. The summed E-state index contributed by atoms with van der Waals surface area (Å²) in [6.45, 7) is 1.32. The minimum atomic E-state index is -0.205. The predicted octanol–water partition coefficient (Wildman–Crippen LogP) is 3.34. The number of benzene rings is 1. The first-order valence-corrected chi connectivity index (χ1v) is 7.77. The van der Waals surface area contributed by atoms with Gasteiger partial charge in [-0.25, -0.2) is 4.98 Å². The first kappa shape index (κ1) is 17.5. The molecule has 122 valence electrons. The zero-order valence-corrected chi connectivity index (χ0v) is 14.1. The van der Waals surface area contributed by atoms with Gasteiger partial charge < -0.3 is 10.1 Å². The largest absolute Gasteiger partial charge is 0.492 e. The predicted molar refractivity (Wildman–Crippen MR) is 92.3 cm³/mol. The van der Waals surface area contributed by atoms with E-state index in [0.717, 1.165) is 5.75 Å². The van der Waals surface area contributed by atoms with Crippen molar-refractivity contribution in [2.75, 3.05) is 32.1 Å². The molecule has 1 aromatic heterocycles. The fourth-order valence-corrected chi connectivity index (χ4v) is 2.27. The molecule has 0 spiro atoms. The lowest BCUT2D eigenvalue weighted by Gasteiger charge is -2.16. The van der Waals surface area contributed by atoms with Crippen LogP contribution in [0.4, 0.5) is 5.82 Å². The van der Waals surface area contributed by atoms with Crippen LogP contribution in [0.2, 0.25) is 10.0 Å². The van der Waals surface area contributed by atoms with Gasteiger partial charge in [0, 0.05) is 12.7 Å². The van der Waals surface area contributed by atoms with E-state index in [-0.39, 0.29) is 12.5 Å². The second-order valence-electron chi connectivity index (χ2n) is 4.93. The number of carbonyl (C=O) groups is 1.